The zero-order chi connectivity index (χ0) is 10.7. The maximum atomic E-state index is 9.83. The predicted molar refractivity (Wildman–Crippen MR) is 65.3 cm³/mol. The summed E-state index contributed by atoms with van der Waals surface area (Å²) in [5.41, 5.74) is 1.03. The van der Waals surface area contributed by atoms with Crippen LogP contribution in [-0.4, -0.2) is 23.7 Å². The number of phenolic OH excluding ortho intramolecular Hbond substituents is 1. The zero-order valence-electron chi connectivity index (χ0n) is 8.94. The molecule has 0 amide bonds. The van der Waals surface area contributed by atoms with Gasteiger partial charge in [-0.1, -0.05) is 18.2 Å². The highest BCUT2D eigenvalue weighted by Crippen LogP contribution is 2.36. The van der Waals surface area contributed by atoms with Crippen molar-refractivity contribution in [2.45, 2.75) is 12.5 Å². The fourth-order valence-electron chi connectivity index (χ4n) is 2.21. The van der Waals surface area contributed by atoms with Gasteiger partial charge in [0.05, 0.1) is 0 Å². The molecule has 0 radical (unpaired) electrons. The van der Waals surface area contributed by atoms with E-state index >= 15 is 0 Å². The molecule has 1 aromatic rings. The second-order valence-electron chi connectivity index (χ2n) is 3.95. The lowest BCUT2D eigenvalue weighted by Gasteiger charge is -2.23. The Morgan fingerprint density at radius 2 is 2.27 bits per heavy atom. The molecule has 82 valence electrons. The van der Waals surface area contributed by atoms with Crippen molar-refractivity contribution in [1.82, 2.24) is 5.32 Å². The minimum atomic E-state index is 0.293. The van der Waals surface area contributed by atoms with Gasteiger partial charge in [0.15, 0.2) is 0 Å². The Hall–Kier alpha value is -0.670. The molecule has 0 aromatic heterocycles. The third-order valence-electron chi connectivity index (χ3n) is 3.02. The van der Waals surface area contributed by atoms with Gasteiger partial charge >= 0.3 is 0 Å². The van der Waals surface area contributed by atoms with Crippen LogP contribution in [0.5, 0.6) is 5.75 Å². The highest BCUT2D eigenvalue weighted by Gasteiger charge is 2.26. The summed E-state index contributed by atoms with van der Waals surface area (Å²) in [6.07, 6.45) is 1.24. The Bertz CT molecular complexity index is 323. The maximum Gasteiger partial charge on any atom is 0.120 e. The van der Waals surface area contributed by atoms with Crippen LogP contribution in [0.3, 0.4) is 0 Å². The Morgan fingerprint density at radius 1 is 1.47 bits per heavy atom. The quantitative estimate of drug-likeness (QED) is 0.825. The number of para-hydroxylation sites is 1. The molecule has 0 saturated carbocycles. The molecule has 1 fully saturated rings. The largest absolute Gasteiger partial charge is 0.508 e. The standard InChI is InChI=1S/C12H17NOS/c1-13-12(9-6-7-15-8-9)10-4-2-3-5-11(10)14/h2-5,9,12-14H,6-8H2,1H3. The van der Waals surface area contributed by atoms with Crippen LogP contribution in [0.1, 0.15) is 18.0 Å². The SMILES string of the molecule is CNC(c1ccccc1O)C1CCSC1. The molecule has 1 aliphatic rings. The highest BCUT2D eigenvalue weighted by atomic mass is 32.2. The Morgan fingerprint density at radius 3 is 2.87 bits per heavy atom. The number of benzene rings is 1. The molecular weight excluding hydrogens is 206 g/mol. The molecule has 1 aliphatic heterocycles. The van der Waals surface area contributed by atoms with Gasteiger partial charge in [-0.2, -0.15) is 11.8 Å². The van der Waals surface area contributed by atoms with Crippen molar-refractivity contribution in [2.24, 2.45) is 5.92 Å². The number of nitrogens with one attached hydrogen (secondary N) is 1. The molecule has 1 aromatic carbocycles. The van der Waals surface area contributed by atoms with E-state index in [4.69, 9.17) is 0 Å². The van der Waals surface area contributed by atoms with E-state index < -0.39 is 0 Å². The van der Waals surface area contributed by atoms with Crippen molar-refractivity contribution >= 4 is 11.8 Å². The summed E-state index contributed by atoms with van der Waals surface area (Å²) < 4.78 is 0. The molecule has 1 heterocycles. The first-order valence-electron chi connectivity index (χ1n) is 5.36. The Labute approximate surface area is 95.1 Å². The fourth-order valence-corrected chi connectivity index (χ4v) is 3.51. The van der Waals surface area contributed by atoms with Crippen molar-refractivity contribution in [2.75, 3.05) is 18.6 Å². The Kier molecular flexibility index (Phi) is 3.54. The minimum absolute atomic E-state index is 0.293. The van der Waals surface area contributed by atoms with E-state index in [0.717, 1.165) is 5.56 Å². The second-order valence-corrected chi connectivity index (χ2v) is 5.10. The van der Waals surface area contributed by atoms with Crippen LogP contribution < -0.4 is 5.32 Å². The average Bonchev–Trinajstić information content (AvgIpc) is 2.75. The van der Waals surface area contributed by atoms with E-state index in [1.165, 1.54) is 17.9 Å². The van der Waals surface area contributed by atoms with Crippen LogP contribution in [0.25, 0.3) is 0 Å². The summed E-state index contributed by atoms with van der Waals surface area (Å²) in [5.74, 6) is 3.50. The molecule has 1 saturated heterocycles. The van der Waals surface area contributed by atoms with Gasteiger partial charge in [0.25, 0.3) is 0 Å². The molecule has 2 rings (SSSR count). The zero-order valence-corrected chi connectivity index (χ0v) is 9.76. The van der Waals surface area contributed by atoms with Crippen LogP contribution in [0.2, 0.25) is 0 Å². The lowest BCUT2D eigenvalue weighted by atomic mass is 9.92. The smallest absolute Gasteiger partial charge is 0.120 e. The first-order chi connectivity index (χ1) is 7.33. The number of rotatable bonds is 3. The average molecular weight is 223 g/mol. The Balaban J connectivity index is 2.22. The number of aromatic hydroxyl groups is 1. The molecule has 0 spiro atoms. The summed E-state index contributed by atoms with van der Waals surface area (Å²) >= 11 is 2.00. The molecular formula is C12H17NOS. The van der Waals surface area contributed by atoms with Gasteiger partial charge in [-0.05, 0) is 37.0 Å². The van der Waals surface area contributed by atoms with Crippen LogP contribution in [0.4, 0.5) is 0 Å². The maximum absolute atomic E-state index is 9.83. The topological polar surface area (TPSA) is 32.3 Å². The molecule has 2 atom stereocenters. The lowest BCUT2D eigenvalue weighted by molar-refractivity contribution is 0.393. The first kappa shape index (κ1) is 10.8. The monoisotopic (exact) mass is 223 g/mol. The van der Waals surface area contributed by atoms with Crippen LogP contribution in [0.15, 0.2) is 24.3 Å². The minimum Gasteiger partial charge on any atom is -0.508 e. The van der Waals surface area contributed by atoms with Crippen molar-refractivity contribution < 1.29 is 5.11 Å². The first-order valence-corrected chi connectivity index (χ1v) is 6.51. The number of hydrogen-bond donors (Lipinski definition) is 2. The predicted octanol–water partition coefficient (Wildman–Crippen LogP) is 2.41. The van der Waals surface area contributed by atoms with E-state index in [1.807, 2.05) is 37.0 Å². The van der Waals surface area contributed by atoms with E-state index in [-0.39, 0.29) is 0 Å². The van der Waals surface area contributed by atoms with Gasteiger partial charge < -0.3 is 10.4 Å². The van der Waals surface area contributed by atoms with Gasteiger partial charge in [-0.25, -0.2) is 0 Å². The van der Waals surface area contributed by atoms with Crippen molar-refractivity contribution in [3.63, 3.8) is 0 Å². The van der Waals surface area contributed by atoms with E-state index in [2.05, 4.69) is 5.32 Å². The van der Waals surface area contributed by atoms with Crippen molar-refractivity contribution in [1.29, 1.82) is 0 Å². The lowest BCUT2D eigenvalue weighted by Crippen LogP contribution is -2.25. The third-order valence-corrected chi connectivity index (χ3v) is 4.21. The number of hydrogen-bond acceptors (Lipinski definition) is 3. The number of phenols is 1. The fraction of sp³-hybridized carbons (Fsp3) is 0.500. The summed E-state index contributed by atoms with van der Waals surface area (Å²) in [5, 5.41) is 13.2. The van der Waals surface area contributed by atoms with E-state index in [1.54, 1.807) is 6.07 Å². The van der Waals surface area contributed by atoms with Crippen LogP contribution in [-0.2, 0) is 0 Å². The molecule has 3 heteroatoms. The highest BCUT2D eigenvalue weighted by molar-refractivity contribution is 7.99. The molecule has 15 heavy (non-hydrogen) atoms. The van der Waals surface area contributed by atoms with Gasteiger partial charge in [-0.3, -0.25) is 0 Å². The van der Waals surface area contributed by atoms with Crippen LogP contribution >= 0.6 is 11.8 Å². The molecule has 0 bridgehead atoms. The second kappa shape index (κ2) is 4.90. The summed E-state index contributed by atoms with van der Waals surface area (Å²) in [4.78, 5) is 0. The molecule has 2 unspecified atom stereocenters. The normalized spacial score (nSPS) is 22.9. The molecule has 0 aliphatic carbocycles. The summed E-state index contributed by atoms with van der Waals surface area (Å²) in [7, 11) is 1.97. The van der Waals surface area contributed by atoms with Gasteiger partial charge in [0.1, 0.15) is 5.75 Å². The van der Waals surface area contributed by atoms with Gasteiger partial charge in [0.2, 0.25) is 0 Å². The van der Waals surface area contributed by atoms with Gasteiger partial charge in [0, 0.05) is 11.6 Å². The number of thioether (sulfide) groups is 1. The molecule has 2 N–H and O–H groups in total. The van der Waals surface area contributed by atoms with E-state index in [9.17, 15) is 5.11 Å². The van der Waals surface area contributed by atoms with E-state index in [0.29, 0.717) is 17.7 Å². The summed E-state index contributed by atoms with van der Waals surface area (Å²) in [6, 6.07) is 7.93. The third kappa shape index (κ3) is 2.29. The molecule has 2 nitrogen and oxygen atoms in total. The van der Waals surface area contributed by atoms with Crippen LogP contribution in [0, 0.1) is 5.92 Å². The summed E-state index contributed by atoms with van der Waals surface area (Å²) in [6.45, 7) is 0. The van der Waals surface area contributed by atoms with Crippen molar-refractivity contribution in [3.8, 4) is 5.75 Å². The van der Waals surface area contributed by atoms with Gasteiger partial charge in [-0.15, -0.1) is 0 Å². The van der Waals surface area contributed by atoms with Crippen molar-refractivity contribution in [3.05, 3.63) is 29.8 Å².